The van der Waals surface area contributed by atoms with E-state index < -0.39 is 23.8 Å². The number of aromatic nitrogens is 1. The molecule has 0 spiro atoms. The normalized spacial score (nSPS) is 17.8. The van der Waals surface area contributed by atoms with E-state index in [-0.39, 0.29) is 46.6 Å². The van der Waals surface area contributed by atoms with Gasteiger partial charge in [-0.1, -0.05) is 30.5 Å². The molecular weight excluding hydrogens is 554 g/mol. The van der Waals surface area contributed by atoms with E-state index in [1.54, 1.807) is 29.3 Å². The number of halogens is 3. The van der Waals surface area contributed by atoms with Gasteiger partial charge in [-0.15, -0.1) is 0 Å². The van der Waals surface area contributed by atoms with E-state index in [2.05, 4.69) is 15.6 Å². The van der Waals surface area contributed by atoms with Crippen LogP contribution in [-0.2, 0) is 4.79 Å². The molecule has 5 rings (SSSR count). The second-order valence-electron chi connectivity index (χ2n) is 9.95. The number of amides is 3. The Bertz CT molecular complexity index is 1560. The molecule has 2 aliphatic heterocycles. The van der Waals surface area contributed by atoms with Gasteiger partial charge in [-0.05, 0) is 72.4 Å². The van der Waals surface area contributed by atoms with Crippen molar-refractivity contribution in [1.29, 1.82) is 0 Å². The van der Waals surface area contributed by atoms with Crippen molar-refractivity contribution >= 4 is 40.8 Å². The highest BCUT2D eigenvalue weighted by molar-refractivity contribution is 6.31. The quantitative estimate of drug-likeness (QED) is 0.309. The summed E-state index contributed by atoms with van der Waals surface area (Å²) >= 11 is 5.88. The summed E-state index contributed by atoms with van der Waals surface area (Å²) in [5.41, 5.74) is 2.40. The molecule has 3 amide bonds. The Kier molecular flexibility index (Phi) is 8.30. The molecule has 1 aromatic heterocycles. The summed E-state index contributed by atoms with van der Waals surface area (Å²) in [6.07, 6.45) is 4.71. The predicted molar refractivity (Wildman–Crippen MR) is 151 cm³/mol. The first kappa shape index (κ1) is 28.2. The van der Waals surface area contributed by atoms with Crippen LogP contribution in [0, 0.1) is 11.6 Å². The van der Waals surface area contributed by atoms with Crippen molar-refractivity contribution in [2.24, 2.45) is 0 Å². The van der Waals surface area contributed by atoms with Gasteiger partial charge in [-0.25, -0.2) is 13.6 Å². The molecule has 3 N–H and O–H groups in total. The van der Waals surface area contributed by atoms with E-state index in [1.807, 2.05) is 6.07 Å². The first-order valence-corrected chi connectivity index (χ1v) is 13.6. The number of anilines is 1. The lowest BCUT2D eigenvalue weighted by atomic mass is 9.93. The molecule has 0 unspecified atom stereocenters. The van der Waals surface area contributed by atoms with Crippen molar-refractivity contribution in [2.75, 3.05) is 18.4 Å². The number of nitrogens with zero attached hydrogens (tertiary/aromatic N) is 2. The maximum Gasteiger partial charge on any atom is 0.409 e. The van der Waals surface area contributed by atoms with E-state index in [4.69, 9.17) is 16.7 Å². The number of carbonyl (C=O) groups is 3. The number of fused-ring (bicyclic) bond motifs is 4. The van der Waals surface area contributed by atoms with Gasteiger partial charge in [0.25, 0.3) is 5.91 Å². The van der Waals surface area contributed by atoms with E-state index in [9.17, 15) is 23.2 Å². The first-order chi connectivity index (χ1) is 19.7. The zero-order chi connectivity index (χ0) is 29.1. The molecule has 1 atom stereocenters. The van der Waals surface area contributed by atoms with Gasteiger partial charge in [0.2, 0.25) is 5.91 Å². The molecule has 0 aliphatic carbocycles. The molecule has 0 saturated carbocycles. The van der Waals surface area contributed by atoms with Crippen LogP contribution in [0.15, 0.2) is 54.7 Å². The molecular formula is C30H27ClF2N4O4. The van der Waals surface area contributed by atoms with Gasteiger partial charge >= 0.3 is 6.09 Å². The van der Waals surface area contributed by atoms with Gasteiger partial charge in [0.1, 0.15) is 5.82 Å². The van der Waals surface area contributed by atoms with Crippen molar-refractivity contribution in [3.05, 3.63) is 88.2 Å². The van der Waals surface area contributed by atoms with Crippen LogP contribution in [0.1, 0.15) is 59.8 Å². The lowest BCUT2D eigenvalue weighted by Gasteiger charge is -2.34. The molecule has 0 radical (unpaired) electrons. The van der Waals surface area contributed by atoms with E-state index in [1.165, 1.54) is 12.1 Å². The van der Waals surface area contributed by atoms with Crippen LogP contribution in [0.4, 0.5) is 19.3 Å². The minimum atomic E-state index is -1.24. The number of carboxylic acid groups (broad SMARTS) is 1. The van der Waals surface area contributed by atoms with Crippen molar-refractivity contribution < 1.29 is 28.3 Å². The molecule has 3 heterocycles. The number of rotatable bonds is 3. The minimum Gasteiger partial charge on any atom is -0.465 e. The Labute approximate surface area is 240 Å². The molecule has 2 aromatic carbocycles. The fraction of sp³-hybridized carbons (Fsp3) is 0.267. The largest absolute Gasteiger partial charge is 0.465 e. The molecule has 2 aliphatic rings. The van der Waals surface area contributed by atoms with Gasteiger partial charge in [-0.2, -0.15) is 0 Å². The maximum atomic E-state index is 14.7. The summed E-state index contributed by atoms with van der Waals surface area (Å²) in [6, 6.07) is 10.1. The Morgan fingerprint density at radius 3 is 2.68 bits per heavy atom. The van der Waals surface area contributed by atoms with Crippen LogP contribution < -0.4 is 10.6 Å². The van der Waals surface area contributed by atoms with E-state index in [0.717, 1.165) is 25.0 Å². The minimum absolute atomic E-state index is 0.215. The summed E-state index contributed by atoms with van der Waals surface area (Å²) in [6.45, 7) is 0.661. The highest BCUT2D eigenvalue weighted by atomic mass is 35.5. The van der Waals surface area contributed by atoms with Crippen molar-refractivity contribution in [3.8, 4) is 11.1 Å². The molecule has 0 saturated heterocycles. The van der Waals surface area contributed by atoms with Gasteiger partial charge in [0.15, 0.2) is 5.82 Å². The second-order valence-corrected chi connectivity index (χ2v) is 10.4. The van der Waals surface area contributed by atoms with Crippen LogP contribution in [0.5, 0.6) is 0 Å². The summed E-state index contributed by atoms with van der Waals surface area (Å²) in [4.78, 5) is 43.9. The Morgan fingerprint density at radius 1 is 1.07 bits per heavy atom. The Hall–Kier alpha value is -4.31. The number of pyridine rings is 1. The van der Waals surface area contributed by atoms with Crippen LogP contribution in [0.25, 0.3) is 16.7 Å². The second kappa shape index (κ2) is 12.1. The zero-order valence-corrected chi connectivity index (χ0v) is 22.7. The summed E-state index contributed by atoms with van der Waals surface area (Å²) in [7, 11) is 0. The van der Waals surface area contributed by atoms with Gasteiger partial charge < -0.3 is 15.3 Å². The Balaban J connectivity index is 1.52. The average molecular weight is 581 g/mol. The number of hydrogen-bond acceptors (Lipinski definition) is 4. The number of carbonyl (C=O) groups excluding carboxylic acids is 2. The third kappa shape index (κ3) is 6.07. The first-order valence-electron chi connectivity index (χ1n) is 13.3. The highest BCUT2D eigenvalue weighted by Gasteiger charge is 2.31. The summed E-state index contributed by atoms with van der Waals surface area (Å²) < 4.78 is 29.2. The van der Waals surface area contributed by atoms with Crippen molar-refractivity contribution in [2.45, 2.75) is 38.1 Å². The molecule has 212 valence electrons. The monoisotopic (exact) mass is 580 g/mol. The van der Waals surface area contributed by atoms with Gasteiger partial charge in [0.05, 0.1) is 22.3 Å². The SMILES string of the molecule is O=C(O)Nc1ccc2c(c1)C(=O)NCCCCC[C@H](N1CCC(c3c(F)ccc(Cl)c3F)=CC1=O)c1cc-2ccn1. The average Bonchev–Trinajstić information content (AvgIpc) is 2.95. The van der Waals surface area contributed by atoms with Crippen LogP contribution in [0.2, 0.25) is 5.02 Å². The fourth-order valence-electron chi connectivity index (χ4n) is 5.37. The van der Waals surface area contributed by atoms with Crippen molar-refractivity contribution in [1.82, 2.24) is 15.2 Å². The summed E-state index contributed by atoms with van der Waals surface area (Å²) in [5.74, 6) is -2.38. The lowest BCUT2D eigenvalue weighted by Crippen LogP contribution is -2.38. The highest BCUT2D eigenvalue weighted by Crippen LogP contribution is 2.36. The smallest absolute Gasteiger partial charge is 0.409 e. The standard InChI is InChI=1S/C30H27ClF2N4O4/c31-22-7-8-23(32)27(28(22)33)18-10-13-37(26(38)15-18)25-4-2-1-3-11-35-29(39)21-16-19(36-30(40)41)5-6-20(21)17-9-12-34-24(25)14-17/h5-9,12,14-16,25,36H,1-4,10-11,13H2,(H,35,39)(H,40,41)/t25-/m0/s1. The maximum absolute atomic E-state index is 14.7. The third-order valence-electron chi connectivity index (χ3n) is 7.33. The van der Waals surface area contributed by atoms with E-state index >= 15 is 0 Å². The topological polar surface area (TPSA) is 112 Å². The van der Waals surface area contributed by atoms with E-state index in [0.29, 0.717) is 41.8 Å². The molecule has 2 bridgehead atoms. The van der Waals surface area contributed by atoms with Crippen LogP contribution in [0.3, 0.4) is 0 Å². The van der Waals surface area contributed by atoms with Gasteiger partial charge in [-0.3, -0.25) is 19.9 Å². The molecule has 8 nitrogen and oxygen atoms in total. The summed E-state index contributed by atoms with van der Waals surface area (Å²) in [5, 5.41) is 14.1. The lowest BCUT2D eigenvalue weighted by molar-refractivity contribution is -0.129. The van der Waals surface area contributed by atoms with Gasteiger partial charge in [0, 0.05) is 36.6 Å². The van der Waals surface area contributed by atoms with Crippen LogP contribution >= 0.6 is 11.6 Å². The van der Waals surface area contributed by atoms with Crippen LogP contribution in [-0.4, -0.2) is 46.0 Å². The fourth-order valence-corrected chi connectivity index (χ4v) is 5.52. The molecule has 0 fully saturated rings. The molecule has 41 heavy (non-hydrogen) atoms. The number of benzene rings is 2. The number of nitrogens with one attached hydrogen (secondary N) is 2. The molecule has 3 aromatic rings. The zero-order valence-electron chi connectivity index (χ0n) is 21.9. The third-order valence-corrected chi connectivity index (χ3v) is 7.62. The predicted octanol–water partition coefficient (Wildman–Crippen LogP) is 6.43. The van der Waals surface area contributed by atoms with Crippen molar-refractivity contribution in [3.63, 3.8) is 0 Å². The molecule has 11 heteroatoms. The Morgan fingerprint density at radius 2 is 1.90 bits per heavy atom. The number of hydrogen-bond donors (Lipinski definition) is 3.